The van der Waals surface area contributed by atoms with Crippen LogP contribution in [-0.2, 0) is 0 Å². The highest BCUT2D eigenvalue weighted by Crippen LogP contribution is 2.13. The molecule has 3 heteroatoms. The molecule has 0 aliphatic carbocycles. The Bertz CT molecular complexity index is 330. The lowest BCUT2D eigenvalue weighted by molar-refractivity contribution is 0.0903. The second-order valence-electron chi connectivity index (χ2n) is 4.01. The van der Waals surface area contributed by atoms with E-state index in [-0.39, 0.29) is 5.78 Å². The fourth-order valence-corrected chi connectivity index (χ4v) is 1.55. The molecule has 0 saturated heterocycles. The molecule has 3 nitrogen and oxygen atoms in total. The molecule has 1 aromatic carbocycles. The second kappa shape index (κ2) is 7.85. The Morgan fingerprint density at radius 3 is 2.47 bits per heavy atom. The number of ether oxygens (including phenoxy) is 1. The van der Waals surface area contributed by atoms with Crippen LogP contribution < -0.4 is 4.74 Å². The SMILES string of the molecule is CCCCCCOc1ccc(C(=O)CO)cc1. The van der Waals surface area contributed by atoms with Crippen molar-refractivity contribution in [1.29, 1.82) is 0 Å². The van der Waals surface area contributed by atoms with Gasteiger partial charge in [0.25, 0.3) is 0 Å². The van der Waals surface area contributed by atoms with Crippen molar-refractivity contribution in [3.63, 3.8) is 0 Å². The Morgan fingerprint density at radius 1 is 1.18 bits per heavy atom. The number of carbonyl (C=O) groups is 1. The highest BCUT2D eigenvalue weighted by Gasteiger charge is 2.03. The number of aliphatic hydroxyl groups excluding tert-OH is 1. The van der Waals surface area contributed by atoms with Gasteiger partial charge in [-0.3, -0.25) is 4.79 Å². The van der Waals surface area contributed by atoms with Crippen molar-refractivity contribution in [1.82, 2.24) is 0 Å². The van der Waals surface area contributed by atoms with Crippen LogP contribution in [0.5, 0.6) is 5.75 Å². The third-order valence-corrected chi connectivity index (χ3v) is 2.59. The molecular weight excluding hydrogens is 216 g/mol. The fraction of sp³-hybridized carbons (Fsp3) is 0.500. The summed E-state index contributed by atoms with van der Waals surface area (Å²) in [5, 5.41) is 8.70. The molecule has 0 aliphatic heterocycles. The van der Waals surface area contributed by atoms with Gasteiger partial charge in [0, 0.05) is 5.56 Å². The summed E-state index contributed by atoms with van der Waals surface area (Å²) in [4.78, 5) is 11.2. The smallest absolute Gasteiger partial charge is 0.188 e. The lowest BCUT2D eigenvalue weighted by Crippen LogP contribution is -2.04. The van der Waals surface area contributed by atoms with E-state index in [9.17, 15) is 4.79 Å². The third-order valence-electron chi connectivity index (χ3n) is 2.59. The molecule has 17 heavy (non-hydrogen) atoms. The average molecular weight is 236 g/mol. The van der Waals surface area contributed by atoms with Gasteiger partial charge in [0.2, 0.25) is 0 Å². The maximum atomic E-state index is 11.2. The van der Waals surface area contributed by atoms with Gasteiger partial charge in [-0.15, -0.1) is 0 Å². The first kappa shape index (κ1) is 13.7. The van der Waals surface area contributed by atoms with Crippen molar-refractivity contribution < 1.29 is 14.6 Å². The molecule has 94 valence electrons. The van der Waals surface area contributed by atoms with Gasteiger partial charge in [-0.1, -0.05) is 26.2 Å². The molecule has 0 aromatic heterocycles. The molecule has 0 bridgehead atoms. The van der Waals surface area contributed by atoms with Crippen LogP contribution >= 0.6 is 0 Å². The predicted molar refractivity (Wildman–Crippen MR) is 67.5 cm³/mol. The quantitative estimate of drug-likeness (QED) is 0.557. The van der Waals surface area contributed by atoms with Crippen LogP contribution in [0.15, 0.2) is 24.3 Å². The molecule has 0 atom stereocenters. The summed E-state index contributed by atoms with van der Waals surface area (Å²) in [7, 11) is 0. The van der Waals surface area contributed by atoms with Crippen molar-refractivity contribution in [2.24, 2.45) is 0 Å². The van der Waals surface area contributed by atoms with Gasteiger partial charge in [0.1, 0.15) is 12.4 Å². The van der Waals surface area contributed by atoms with Gasteiger partial charge in [-0.2, -0.15) is 0 Å². The number of Topliss-reactive ketones (excluding diaryl/α,β-unsaturated/α-hetero) is 1. The van der Waals surface area contributed by atoms with Gasteiger partial charge < -0.3 is 9.84 Å². The van der Waals surface area contributed by atoms with E-state index in [1.807, 2.05) is 0 Å². The summed E-state index contributed by atoms with van der Waals surface area (Å²) >= 11 is 0. The first-order valence-electron chi connectivity index (χ1n) is 6.15. The van der Waals surface area contributed by atoms with Crippen LogP contribution in [0.3, 0.4) is 0 Å². The molecule has 1 rings (SSSR count). The molecule has 1 aromatic rings. The first-order chi connectivity index (χ1) is 8.27. The summed E-state index contributed by atoms with van der Waals surface area (Å²) in [5.74, 6) is 0.510. The normalized spacial score (nSPS) is 10.2. The highest BCUT2D eigenvalue weighted by molar-refractivity contribution is 5.96. The van der Waals surface area contributed by atoms with Crippen molar-refractivity contribution in [2.75, 3.05) is 13.2 Å². The lowest BCUT2D eigenvalue weighted by atomic mass is 10.1. The van der Waals surface area contributed by atoms with E-state index < -0.39 is 6.61 Å². The van der Waals surface area contributed by atoms with Crippen molar-refractivity contribution in [3.05, 3.63) is 29.8 Å². The summed E-state index contributed by atoms with van der Waals surface area (Å²) < 4.78 is 5.55. The number of ketones is 1. The highest BCUT2D eigenvalue weighted by atomic mass is 16.5. The molecule has 0 amide bonds. The monoisotopic (exact) mass is 236 g/mol. The molecule has 0 spiro atoms. The number of hydrogen-bond acceptors (Lipinski definition) is 3. The predicted octanol–water partition coefficient (Wildman–Crippen LogP) is 2.82. The third kappa shape index (κ3) is 5.00. The summed E-state index contributed by atoms with van der Waals surface area (Å²) in [6.07, 6.45) is 4.72. The second-order valence-corrected chi connectivity index (χ2v) is 4.01. The minimum absolute atomic E-state index is 0.264. The number of carbonyl (C=O) groups excluding carboxylic acids is 1. The summed E-state index contributed by atoms with van der Waals surface area (Å²) in [6.45, 7) is 2.45. The zero-order valence-corrected chi connectivity index (χ0v) is 10.3. The Labute approximate surface area is 102 Å². The Kier molecular flexibility index (Phi) is 6.33. The van der Waals surface area contributed by atoms with Crippen molar-refractivity contribution in [3.8, 4) is 5.75 Å². The van der Waals surface area contributed by atoms with Crippen LogP contribution in [-0.4, -0.2) is 24.1 Å². The number of benzene rings is 1. The van der Waals surface area contributed by atoms with Crippen LogP contribution in [0.1, 0.15) is 43.0 Å². The van der Waals surface area contributed by atoms with Crippen LogP contribution in [0.25, 0.3) is 0 Å². The maximum Gasteiger partial charge on any atom is 0.188 e. The molecule has 0 radical (unpaired) electrons. The van der Waals surface area contributed by atoms with Gasteiger partial charge in [-0.25, -0.2) is 0 Å². The molecule has 0 saturated carbocycles. The van der Waals surface area contributed by atoms with E-state index >= 15 is 0 Å². The van der Waals surface area contributed by atoms with E-state index in [1.54, 1.807) is 24.3 Å². The van der Waals surface area contributed by atoms with E-state index in [1.165, 1.54) is 19.3 Å². The topological polar surface area (TPSA) is 46.5 Å². The van der Waals surface area contributed by atoms with Gasteiger partial charge in [0.15, 0.2) is 5.78 Å². The molecule has 1 N–H and O–H groups in total. The first-order valence-corrected chi connectivity index (χ1v) is 6.15. The number of unbranched alkanes of at least 4 members (excludes halogenated alkanes) is 3. The van der Waals surface area contributed by atoms with Gasteiger partial charge in [0.05, 0.1) is 6.61 Å². The molecule has 0 aliphatic rings. The van der Waals surface area contributed by atoms with E-state index in [0.717, 1.165) is 12.2 Å². The zero-order valence-electron chi connectivity index (χ0n) is 10.3. The number of hydrogen-bond donors (Lipinski definition) is 1. The largest absolute Gasteiger partial charge is 0.494 e. The minimum atomic E-state index is -0.447. The van der Waals surface area contributed by atoms with E-state index in [2.05, 4.69) is 6.92 Å². The molecule has 0 heterocycles. The molecular formula is C14H20O3. The van der Waals surface area contributed by atoms with Crippen LogP contribution in [0, 0.1) is 0 Å². The Hall–Kier alpha value is -1.35. The van der Waals surface area contributed by atoms with Crippen LogP contribution in [0.4, 0.5) is 0 Å². The molecule has 0 unspecified atom stereocenters. The fourth-order valence-electron chi connectivity index (χ4n) is 1.55. The summed E-state index contributed by atoms with van der Waals surface area (Å²) in [5.41, 5.74) is 0.519. The number of aliphatic hydroxyl groups is 1. The van der Waals surface area contributed by atoms with Gasteiger partial charge in [-0.05, 0) is 30.7 Å². The standard InChI is InChI=1S/C14H20O3/c1-2-3-4-5-10-17-13-8-6-12(7-9-13)14(16)11-15/h6-9,15H,2-5,10-11H2,1H3. The van der Waals surface area contributed by atoms with Crippen LogP contribution in [0.2, 0.25) is 0 Å². The Morgan fingerprint density at radius 2 is 1.88 bits per heavy atom. The average Bonchev–Trinajstić information content (AvgIpc) is 2.38. The van der Waals surface area contributed by atoms with E-state index in [0.29, 0.717) is 12.2 Å². The van der Waals surface area contributed by atoms with Crippen molar-refractivity contribution in [2.45, 2.75) is 32.6 Å². The Balaban J connectivity index is 2.33. The molecule has 0 fully saturated rings. The zero-order chi connectivity index (χ0) is 12.5. The minimum Gasteiger partial charge on any atom is -0.494 e. The number of rotatable bonds is 8. The maximum absolute atomic E-state index is 11.2. The van der Waals surface area contributed by atoms with Crippen molar-refractivity contribution >= 4 is 5.78 Å². The van der Waals surface area contributed by atoms with E-state index in [4.69, 9.17) is 9.84 Å². The van der Waals surface area contributed by atoms with Gasteiger partial charge >= 0.3 is 0 Å². The lowest BCUT2D eigenvalue weighted by Gasteiger charge is -2.06. The summed E-state index contributed by atoms with van der Waals surface area (Å²) in [6, 6.07) is 6.89.